The summed E-state index contributed by atoms with van der Waals surface area (Å²) in [5.74, 6) is -0.999. The van der Waals surface area contributed by atoms with Gasteiger partial charge in [0.25, 0.3) is 0 Å². The average Bonchev–Trinajstić information content (AvgIpc) is 3.13. The van der Waals surface area contributed by atoms with Crippen LogP contribution in [0.2, 0.25) is 5.02 Å². The molecule has 1 aromatic heterocycles. The van der Waals surface area contributed by atoms with E-state index >= 15 is 0 Å². The van der Waals surface area contributed by atoms with Crippen LogP contribution >= 0.6 is 11.6 Å². The number of ether oxygens (including phenoxy) is 3. The first-order chi connectivity index (χ1) is 13.6. The monoisotopic (exact) mass is 394 g/mol. The highest BCUT2D eigenvalue weighted by Crippen LogP contribution is 2.48. The lowest BCUT2D eigenvalue weighted by atomic mass is 9.79. The van der Waals surface area contributed by atoms with Crippen LogP contribution in [0.25, 0.3) is 11.0 Å². The molecule has 8 heteroatoms. The van der Waals surface area contributed by atoms with E-state index in [0.29, 0.717) is 33.1 Å². The molecule has 0 saturated carbocycles. The maximum absolute atomic E-state index is 12.8. The number of para-hydroxylation sites is 1. The Bertz CT molecular complexity index is 1260. The summed E-state index contributed by atoms with van der Waals surface area (Å²) in [4.78, 5) is 12.8. The largest absolute Gasteiger partial charge is 0.454 e. The molecule has 2 aliphatic heterocycles. The average molecular weight is 395 g/mol. The Morgan fingerprint density at radius 2 is 1.93 bits per heavy atom. The molecule has 2 aliphatic rings. The predicted octanol–water partition coefficient (Wildman–Crippen LogP) is 3.82. The zero-order valence-electron chi connectivity index (χ0n) is 14.2. The van der Waals surface area contributed by atoms with E-state index in [0.717, 1.165) is 0 Å². The summed E-state index contributed by atoms with van der Waals surface area (Å²) in [6.07, 6.45) is 0. The molecule has 0 aliphatic carbocycles. The highest BCUT2D eigenvalue weighted by atomic mass is 35.5. The third kappa shape index (κ3) is 2.28. The molecular formula is C20H11ClN2O5. The summed E-state index contributed by atoms with van der Waals surface area (Å²) < 4.78 is 21.8. The fraction of sp³-hybridized carbons (Fsp3) is 0.150. The summed E-state index contributed by atoms with van der Waals surface area (Å²) >= 11 is 6.46. The number of halogens is 1. The number of hydrogen-bond acceptors (Lipinski definition) is 7. The second-order valence-electron chi connectivity index (χ2n) is 6.41. The van der Waals surface area contributed by atoms with Gasteiger partial charge in [-0.15, -0.1) is 0 Å². The van der Waals surface area contributed by atoms with Gasteiger partial charge in [0.2, 0.25) is 12.7 Å². The molecule has 0 bridgehead atoms. The van der Waals surface area contributed by atoms with Gasteiger partial charge in [0.05, 0.1) is 17.0 Å². The maximum atomic E-state index is 12.8. The van der Waals surface area contributed by atoms with Gasteiger partial charge in [-0.05, 0) is 23.8 Å². The van der Waals surface area contributed by atoms with Crippen LogP contribution < -0.4 is 19.8 Å². The number of hydrogen-bond donors (Lipinski definition) is 1. The Morgan fingerprint density at radius 3 is 2.71 bits per heavy atom. The topological polar surface area (TPSA) is 106 Å². The van der Waals surface area contributed by atoms with Crippen molar-refractivity contribution in [2.45, 2.75) is 5.92 Å². The van der Waals surface area contributed by atoms with Crippen LogP contribution in [0, 0.1) is 22.7 Å². The molecule has 2 atom stereocenters. The lowest BCUT2D eigenvalue weighted by Gasteiger charge is -2.30. The third-order valence-electron chi connectivity index (χ3n) is 4.90. The summed E-state index contributed by atoms with van der Waals surface area (Å²) in [5.41, 5.74) is 0.321. The van der Waals surface area contributed by atoms with Crippen molar-refractivity contribution in [3.05, 3.63) is 63.0 Å². The molecule has 1 N–H and O–H groups in total. The van der Waals surface area contributed by atoms with Crippen LogP contribution in [0.3, 0.4) is 0 Å². The van der Waals surface area contributed by atoms with Gasteiger partial charge in [-0.1, -0.05) is 23.7 Å². The van der Waals surface area contributed by atoms with Gasteiger partial charge in [0, 0.05) is 17.0 Å². The minimum absolute atomic E-state index is 0.0593. The standard InChI is InChI=1S/C20H11ClN2O5/c21-12-6-15-14(25-8-26-15)5-10(12)16-11(7-22)19(23)28-18-9-3-1-2-4-13(9)27-20(24)17(16)18/h1-6,11,16,23H,8H2. The number of benzene rings is 2. The van der Waals surface area contributed by atoms with Crippen LogP contribution in [0.5, 0.6) is 17.2 Å². The Morgan fingerprint density at radius 1 is 1.18 bits per heavy atom. The SMILES string of the molecule is N#CC1C(=N)Oc2c(c(=O)oc3ccccc23)C1c1cc2c(cc1Cl)OCO2. The van der Waals surface area contributed by atoms with Gasteiger partial charge >= 0.3 is 5.63 Å². The Balaban J connectivity index is 1.83. The van der Waals surface area contributed by atoms with Gasteiger partial charge in [-0.3, -0.25) is 5.41 Å². The van der Waals surface area contributed by atoms with Gasteiger partial charge in [-0.25, -0.2) is 4.79 Å². The first kappa shape index (κ1) is 16.7. The molecule has 28 heavy (non-hydrogen) atoms. The van der Waals surface area contributed by atoms with Crippen molar-refractivity contribution >= 4 is 28.5 Å². The van der Waals surface area contributed by atoms with Crippen molar-refractivity contribution in [2.24, 2.45) is 5.92 Å². The van der Waals surface area contributed by atoms with Crippen LogP contribution in [0.15, 0.2) is 45.6 Å². The predicted molar refractivity (Wildman–Crippen MR) is 99.4 cm³/mol. The maximum Gasteiger partial charge on any atom is 0.343 e. The second kappa shape index (κ2) is 6.01. The van der Waals surface area contributed by atoms with Gasteiger partial charge in [0.15, 0.2) is 17.2 Å². The molecule has 0 amide bonds. The van der Waals surface area contributed by atoms with Crippen LogP contribution in [0.4, 0.5) is 0 Å². The van der Waals surface area contributed by atoms with Crippen molar-refractivity contribution < 1.29 is 18.6 Å². The van der Waals surface area contributed by atoms with E-state index in [1.807, 2.05) is 0 Å². The summed E-state index contributed by atoms with van der Waals surface area (Å²) in [6.45, 7) is 0.0593. The molecule has 0 spiro atoms. The van der Waals surface area contributed by atoms with E-state index < -0.39 is 17.5 Å². The Labute approximate surface area is 163 Å². The third-order valence-corrected chi connectivity index (χ3v) is 5.23. The molecule has 2 unspecified atom stereocenters. The van der Waals surface area contributed by atoms with Crippen LogP contribution in [-0.4, -0.2) is 12.7 Å². The van der Waals surface area contributed by atoms with Crippen molar-refractivity contribution in [3.8, 4) is 23.3 Å². The number of fused-ring (bicyclic) bond motifs is 4. The van der Waals surface area contributed by atoms with Gasteiger partial charge in [-0.2, -0.15) is 5.26 Å². The Hall–Kier alpha value is -3.50. The molecule has 138 valence electrons. The smallest absolute Gasteiger partial charge is 0.343 e. The van der Waals surface area contributed by atoms with Crippen LogP contribution in [0.1, 0.15) is 17.0 Å². The Kier molecular flexibility index (Phi) is 3.57. The zero-order chi connectivity index (χ0) is 19.4. The molecule has 0 fully saturated rings. The van der Waals surface area contributed by atoms with Gasteiger partial charge in [0.1, 0.15) is 11.5 Å². The number of nitrogens with zero attached hydrogens (tertiary/aromatic N) is 1. The minimum Gasteiger partial charge on any atom is -0.454 e. The quantitative estimate of drug-likeness (QED) is 0.629. The first-order valence-electron chi connectivity index (χ1n) is 8.39. The van der Waals surface area contributed by atoms with E-state index in [9.17, 15) is 10.1 Å². The van der Waals surface area contributed by atoms with E-state index in [1.54, 1.807) is 36.4 Å². The molecule has 0 radical (unpaired) electrons. The number of nitrogens with one attached hydrogen (secondary N) is 1. The lowest BCUT2D eigenvalue weighted by molar-refractivity contribution is 0.174. The second-order valence-corrected chi connectivity index (χ2v) is 6.81. The van der Waals surface area contributed by atoms with Crippen molar-refractivity contribution in [2.75, 3.05) is 6.79 Å². The molecule has 5 rings (SSSR count). The van der Waals surface area contributed by atoms with Gasteiger partial charge < -0.3 is 18.6 Å². The van der Waals surface area contributed by atoms with E-state index in [4.69, 9.17) is 35.6 Å². The van der Waals surface area contributed by atoms with Crippen LogP contribution in [-0.2, 0) is 0 Å². The zero-order valence-corrected chi connectivity index (χ0v) is 14.9. The van der Waals surface area contributed by atoms with Crippen molar-refractivity contribution in [3.63, 3.8) is 0 Å². The highest BCUT2D eigenvalue weighted by molar-refractivity contribution is 6.31. The summed E-state index contributed by atoms with van der Waals surface area (Å²) in [7, 11) is 0. The fourth-order valence-electron chi connectivity index (χ4n) is 3.64. The fourth-order valence-corrected chi connectivity index (χ4v) is 3.92. The highest BCUT2D eigenvalue weighted by Gasteiger charge is 2.42. The van der Waals surface area contributed by atoms with E-state index in [1.165, 1.54) is 0 Å². The normalized spacial score (nSPS) is 19.8. The molecule has 2 aromatic carbocycles. The molecule has 0 saturated heterocycles. The van der Waals surface area contributed by atoms with Crippen molar-refractivity contribution in [1.82, 2.24) is 0 Å². The molecule has 7 nitrogen and oxygen atoms in total. The first-order valence-corrected chi connectivity index (χ1v) is 8.77. The summed E-state index contributed by atoms with van der Waals surface area (Å²) in [6, 6.07) is 12.1. The molecular weight excluding hydrogens is 384 g/mol. The number of nitriles is 1. The molecule has 3 aromatic rings. The van der Waals surface area contributed by atoms with E-state index in [2.05, 4.69) is 6.07 Å². The summed E-state index contributed by atoms with van der Waals surface area (Å²) in [5, 5.41) is 18.8. The minimum atomic E-state index is -1.05. The number of rotatable bonds is 1. The van der Waals surface area contributed by atoms with E-state index in [-0.39, 0.29) is 24.0 Å². The van der Waals surface area contributed by atoms with Crippen molar-refractivity contribution in [1.29, 1.82) is 10.7 Å². The molecule has 3 heterocycles. The lowest BCUT2D eigenvalue weighted by Crippen LogP contribution is -2.34.